The van der Waals surface area contributed by atoms with Gasteiger partial charge in [0.2, 0.25) is 0 Å². The highest BCUT2D eigenvalue weighted by Crippen LogP contribution is 2.25. The van der Waals surface area contributed by atoms with E-state index < -0.39 is 0 Å². The second kappa shape index (κ2) is 6.65. The molecule has 2 heteroatoms. The monoisotopic (exact) mass is 284 g/mol. The lowest BCUT2D eigenvalue weighted by Gasteiger charge is -2.37. The van der Waals surface area contributed by atoms with Crippen molar-refractivity contribution < 1.29 is 0 Å². The van der Waals surface area contributed by atoms with Gasteiger partial charge in [-0.15, -0.1) is 0 Å². The molecule has 0 saturated carbocycles. The van der Waals surface area contributed by atoms with E-state index in [4.69, 9.17) is 0 Å². The summed E-state index contributed by atoms with van der Waals surface area (Å²) in [6.45, 7) is 10.4. The third-order valence-corrected chi connectivity index (χ3v) is 5.07. The van der Waals surface area contributed by atoms with Crippen LogP contribution in [-0.4, -0.2) is 37.6 Å². The first-order valence-electron chi connectivity index (χ1n) is 8.44. The van der Waals surface area contributed by atoms with E-state index in [0.717, 1.165) is 13.1 Å². The summed E-state index contributed by atoms with van der Waals surface area (Å²) in [6, 6.07) is 8.97. The average Bonchev–Trinajstić information content (AvgIpc) is 2.51. The topological polar surface area (TPSA) is 6.48 Å². The van der Waals surface area contributed by atoms with Crippen LogP contribution < -0.4 is 4.90 Å². The smallest absolute Gasteiger partial charge is 0.0367 e. The van der Waals surface area contributed by atoms with E-state index in [9.17, 15) is 0 Å². The van der Waals surface area contributed by atoms with Gasteiger partial charge in [0.1, 0.15) is 0 Å². The van der Waals surface area contributed by atoms with Crippen LogP contribution in [0.1, 0.15) is 38.2 Å². The van der Waals surface area contributed by atoms with E-state index in [-0.39, 0.29) is 0 Å². The fourth-order valence-corrected chi connectivity index (χ4v) is 3.52. The Hall–Kier alpha value is -1.28. The minimum absolute atomic E-state index is 1.16. The van der Waals surface area contributed by atoms with Crippen LogP contribution in [0.2, 0.25) is 0 Å². The Balaban J connectivity index is 1.54. The van der Waals surface area contributed by atoms with Crippen LogP contribution in [0.5, 0.6) is 0 Å². The molecule has 114 valence electrons. The van der Waals surface area contributed by atoms with Crippen LogP contribution in [0.25, 0.3) is 0 Å². The first-order valence-corrected chi connectivity index (χ1v) is 8.44. The molecule has 1 aliphatic carbocycles. The second-order valence-corrected chi connectivity index (χ2v) is 6.69. The molecule has 1 heterocycles. The highest BCUT2D eigenvalue weighted by Gasteiger charge is 2.19. The fraction of sp³-hybridized carbons (Fsp3) is 0.579. The molecule has 0 spiro atoms. The van der Waals surface area contributed by atoms with Gasteiger partial charge in [0, 0.05) is 38.4 Å². The summed E-state index contributed by atoms with van der Waals surface area (Å²) in [6.07, 6.45) is 5.47. The molecule has 21 heavy (non-hydrogen) atoms. The zero-order valence-corrected chi connectivity index (χ0v) is 13.6. The molecule has 1 aromatic carbocycles. The van der Waals surface area contributed by atoms with Crippen molar-refractivity contribution in [1.82, 2.24) is 4.90 Å². The highest BCUT2D eigenvalue weighted by atomic mass is 15.3. The summed E-state index contributed by atoms with van der Waals surface area (Å²) >= 11 is 0. The number of piperazine rings is 1. The standard InChI is InChI=1S/C19H28N2/c1-16-7-9-19(10-8-16)21-13-11-20(12-14-21)15-18-6-4-3-5-17(18)2/h7-10H,3-6,11-15H2,1-2H3. The number of nitrogens with zero attached hydrogens (tertiary/aromatic N) is 2. The number of rotatable bonds is 3. The molecule has 0 amide bonds. The molecule has 0 N–H and O–H groups in total. The van der Waals surface area contributed by atoms with Crippen LogP contribution in [0.3, 0.4) is 0 Å². The number of benzene rings is 1. The van der Waals surface area contributed by atoms with Gasteiger partial charge in [-0.2, -0.15) is 0 Å². The van der Waals surface area contributed by atoms with Crippen molar-refractivity contribution in [3.8, 4) is 0 Å². The van der Waals surface area contributed by atoms with Crippen molar-refractivity contribution in [3.63, 3.8) is 0 Å². The molecule has 0 bridgehead atoms. The van der Waals surface area contributed by atoms with Crippen LogP contribution in [0.4, 0.5) is 5.69 Å². The van der Waals surface area contributed by atoms with Crippen LogP contribution in [-0.2, 0) is 0 Å². The third kappa shape index (κ3) is 3.68. The summed E-state index contributed by atoms with van der Waals surface area (Å²) < 4.78 is 0. The van der Waals surface area contributed by atoms with E-state index in [1.54, 1.807) is 11.1 Å². The highest BCUT2D eigenvalue weighted by molar-refractivity contribution is 5.47. The van der Waals surface area contributed by atoms with Crippen LogP contribution in [0.15, 0.2) is 35.4 Å². The maximum atomic E-state index is 2.65. The van der Waals surface area contributed by atoms with E-state index in [0.29, 0.717) is 0 Å². The van der Waals surface area contributed by atoms with Crippen molar-refractivity contribution in [2.45, 2.75) is 39.5 Å². The number of hydrogen-bond donors (Lipinski definition) is 0. The lowest BCUT2D eigenvalue weighted by Crippen LogP contribution is -2.47. The fourth-order valence-electron chi connectivity index (χ4n) is 3.52. The predicted octanol–water partition coefficient (Wildman–Crippen LogP) is 4.01. The van der Waals surface area contributed by atoms with E-state index in [2.05, 4.69) is 47.9 Å². The summed E-state index contributed by atoms with van der Waals surface area (Å²) in [5.74, 6) is 0. The Labute approximate surface area is 129 Å². The lowest BCUT2D eigenvalue weighted by atomic mass is 9.92. The van der Waals surface area contributed by atoms with Gasteiger partial charge in [0.25, 0.3) is 0 Å². The summed E-state index contributed by atoms with van der Waals surface area (Å²) in [5, 5.41) is 0. The first kappa shape index (κ1) is 14.6. The quantitative estimate of drug-likeness (QED) is 0.774. The average molecular weight is 284 g/mol. The molecule has 1 saturated heterocycles. The maximum Gasteiger partial charge on any atom is 0.0367 e. The van der Waals surface area contributed by atoms with Gasteiger partial charge >= 0.3 is 0 Å². The third-order valence-electron chi connectivity index (χ3n) is 5.07. The summed E-state index contributed by atoms with van der Waals surface area (Å²) in [5.41, 5.74) is 6.12. The van der Waals surface area contributed by atoms with Crippen molar-refractivity contribution in [2.24, 2.45) is 0 Å². The van der Waals surface area contributed by atoms with Gasteiger partial charge < -0.3 is 4.90 Å². The molecule has 0 radical (unpaired) electrons. The van der Waals surface area contributed by atoms with Crippen molar-refractivity contribution in [2.75, 3.05) is 37.6 Å². The Bertz CT molecular complexity index is 493. The summed E-state index contributed by atoms with van der Waals surface area (Å²) in [4.78, 5) is 5.17. The molecule has 0 atom stereocenters. The van der Waals surface area contributed by atoms with Crippen molar-refractivity contribution >= 4 is 5.69 Å². The van der Waals surface area contributed by atoms with Crippen LogP contribution in [0, 0.1) is 6.92 Å². The zero-order chi connectivity index (χ0) is 14.7. The van der Waals surface area contributed by atoms with Gasteiger partial charge in [-0.05, 0) is 51.7 Å². The molecule has 1 fully saturated rings. The maximum absolute atomic E-state index is 2.65. The number of anilines is 1. The second-order valence-electron chi connectivity index (χ2n) is 6.69. The minimum atomic E-state index is 1.16. The Morgan fingerprint density at radius 1 is 0.857 bits per heavy atom. The van der Waals surface area contributed by atoms with Gasteiger partial charge in [-0.1, -0.05) is 28.8 Å². The van der Waals surface area contributed by atoms with E-state index in [1.807, 2.05) is 0 Å². The zero-order valence-electron chi connectivity index (χ0n) is 13.6. The molecule has 3 rings (SSSR count). The summed E-state index contributed by atoms with van der Waals surface area (Å²) in [7, 11) is 0. The van der Waals surface area contributed by atoms with Crippen molar-refractivity contribution in [1.29, 1.82) is 0 Å². The molecule has 1 aliphatic heterocycles. The minimum Gasteiger partial charge on any atom is -0.369 e. The normalized spacial score (nSPS) is 21.0. The van der Waals surface area contributed by atoms with Gasteiger partial charge in [-0.3, -0.25) is 4.90 Å². The van der Waals surface area contributed by atoms with E-state index in [1.165, 1.54) is 56.6 Å². The Morgan fingerprint density at radius 3 is 2.19 bits per heavy atom. The van der Waals surface area contributed by atoms with Gasteiger partial charge in [0.15, 0.2) is 0 Å². The predicted molar refractivity (Wildman–Crippen MR) is 91.0 cm³/mol. The van der Waals surface area contributed by atoms with Gasteiger partial charge in [-0.25, -0.2) is 0 Å². The lowest BCUT2D eigenvalue weighted by molar-refractivity contribution is 0.273. The number of hydrogen-bond acceptors (Lipinski definition) is 2. The molecule has 2 nitrogen and oxygen atoms in total. The SMILES string of the molecule is CC1=C(CN2CCN(c3ccc(C)cc3)CC2)CCCC1. The Morgan fingerprint density at radius 2 is 1.52 bits per heavy atom. The largest absolute Gasteiger partial charge is 0.369 e. The molecule has 2 aliphatic rings. The number of aryl methyl sites for hydroxylation is 1. The molecule has 0 unspecified atom stereocenters. The van der Waals surface area contributed by atoms with E-state index >= 15 is 0 Å². The molecular formula is C19H28N2. The molecule has 0 aromatic heterocycles. The Kier molecular flexibility index (Phi) is 4.64. The molecule has 1 aromatic rings. The molecular weight excluding hydrogens is 256 g/mol. The van der Waals surface area contributed by atoms with Crippen molar-refractivity contribution in [3.05, 3.63) is 41.0 Å². The van der Waals surface area contributed by atoms with Crippen LogP contribution >= 0.6 is 0 Å². The van der Waals surface area contributed by atoms with Gasteiger partial charge in [0.05, 0.1) is 0 Å². The first-order chi connectivity index (χ1) is 10.2. The number of allylic oxidation sites excluding steroid dienone is 1.